The fourth-order valence-corrected chi connectivity index (χ4v) is 2.79. The highest BCUT2D eigenvalue weighted by Gasteiger charge is 2.19. The molecule has 5 nitrogen and oxygen atoms in total. The van der Waals surface area contributed by atoms with Crippen LogP contribution in [0.1, 0.15) is 18.4 Å². The van der Waals surface area contributed by atoms with Crippen molar-refractivity contribution in [3.63, 3.8) is 0 Å². The molecule has 0 radical (unpaired) electrons. The maximum Gasteiger partial charge on any atom is 0.315 e. The Morgan fingerprint density at radius 2 is 2.04 bits per heavy atom. The zero-order valence-corrected chi connectivity index (χ0v) is 13.9. The van der Waals surface area contributed by atoms with Crippen molar-refractivity contribution < 1.29 is 9.53 Å². The SMILES string of the molecule is C=CCN1CCC(NC(=O)NCCc2ccc(OC)cc2)CC1. The van der Waals surface area contributed by atoms with E-state index in [9.17, 15) is 4.79 Å². The van der Waals surface area contributed by atoms with E-state index in [1.807, 2.05) is 30.3 Å². The van der Waals surface area contributed by atoms with Crippen molar-refractivity contribution in [2.75, 3.05) is 33.3 Å². The maximum atomic E-state index is 11.9. The molecular formula is C18H27N3O2. The van der Waals surface area contributed by atoms with Gasteiger partial charge in [0.15, 0.2) is 0 Å². The average Bonchev–Trinajstić information content (AvgIpc) is 2.57. The van der Waals surface area contributed by atoms with Crippen molar-refractivity contribution in [3.8, 4) is 5.75 Å². The summed E-state index contributed by atoms with van der Waals surface area (Å²) in [5.41, 5.74) is 1.18. The Hall–Kier alpha value is -2.01. The molecule has 1 heterocycles. The number of nitrogens with zero attached hydrogens (tertiary/aromatic N) is 1. The topological polar surface area (TPSA) is 53.6 Å². The summed E-state index contributed by atoms with van der Waals surface area (Å²) in [6, 6.07) is 8.12. The quantitative estimate of drug-likeness (QED) is 0.758. The Labute approximate surface area is 138 Å². The fourth-order valence-electron chi connectivity index (χ4n) is 2.79. The molecule has 2 amide bonds. The van der Waals surface area contributed by atoms with Gasteiger partial charge in [-0.15, -0.1) is 6.58 Å². The van der Waals surface area contributed by atoms with Gasteiger partial charge in [0.1, 0.15) is 5.75 Å². The number of amides is 2. The predicted octanol–water partition coefficient (Wildman–Crippen LogP) is 2.19. The van der Waals surface area contributed by atoms with E-state index < -0.39 is 0 Å². The van der Waals surface area contributed by atoms with Crippen LogP contribution in [0, 0.1) is 0 Å². The van der Waals surface area contributed by atoms with Gasteiger partial charge in [0, 0.05) is 32.2 Å². The number of hydrogen-bond acceptors (Lipinski definition) is 3. The van der Waals surface area contributed by atoms with Gasteiger partial charge in [-0.25, -0.2) is 4.79 Å². The number of methoxy groups -OCH3 is 1. The zero-order chi connectivity index (χ0) is 16.5. The van der Waals surface area contributed by atoms with Crippen LogP contribution in [0.15, 0.2) is 36.9 Å². The molecule has 1 aliphatic heterocycles. The Morgan fingerprint density at radius 3 is 2.65 bits per heavy atom. The average molecular weight is 317 g/mol. The summed E-state index contributed by atoms with van der Waals surface area (Å²) < 4.78 is 5.13. The molecule has 1 fully saturated rings. The summed E-state index contributed by atoms with van der Waals surface area (Å²) in [4.78, 5) is 14.3. The summed E-state index contributed by atoms with van der Waals surface area (Å²) in [6.45, 7) is 7.36. The minimum absolute atomic E-state index is 0.0688. The second-order valence-corrected chi connectivity index (χ2v) is 5.86. The number of urea groups is 1. The fraction of sp³-hybridized carbons (Fsp3) is 0.500. The van der Waals surface area contributed by atoms with Crippen LogP contribution >= 0.6 is 0 Å². The molecule has 2 N–H and O–H groups in total. The summed E-state index contributed by atoms with van der Waals surface area (Å²) in [5, 5.41) is 6.00. The van der Waals surface area contributed by atoms with Crippen molar-refractivity contribution in [2.24, 2.45) is 0 Å². The number of likely N-dealkylation sites (tertiary alicyclic amines) is 1. The first-order valence-corrected chi connectivity index (χ1v) is 8.22. The molecule has 126 valence electrons. The Bertz CT molecular complexity index is 493. The van der Waals surface area contributed by atoms with Crippen LogP contribution in [0.3, 0.4) is 0 Å². The van der Waals surface area contributed by atoms with Gasteiger partial charge < -0.3 is 15.4 Å². The largest absolute Gasteiger partial charge is 0.497 e. The first-order valence-electron chi connectivity index (χ1n) is 8.22. The Morgan fingerprint density at radius 1 is 1.35 bits per heavy atom. The standard InChI is InChI=1S/C18H27N3O2/c1-3-12-21-13-9-16(10-14-21)20-18(22)19-11-8-15-4-6-17(23-2)7-5-15/h3-7,16H,1,8-14H2,2H3,(H2,19,20,22). The second-order valence-electron chi connectivity index (χ2n) is 5.86. The normalized spacial score (nSPS) is 15.9. The van der Waals surface area contributed by atoms with Crippen molar-refractivity contribution in [2.45, 2.75) is 25.3 Å². The number of benzene rings is 1. The second kappa shape index (κ2) is 9.20. The molecule has 23 heavy (non-hydrogen) atoms. The molecule has 0 aliphatic carbocycles. The van der Waals surface area contributed by atoms with Crippen LogP contribution < -0.4 is 15.4 Å². The predicted molar refractivity (Wildman–Crippen MR) is 92.9 cm³/mol. The third kappa shape index (κ3) is 5.94. The molecular weight excluding hydrogens is 290 g/mol. The molecule has 1 aliphatic rings. The van der Waals surface area contributed by atoms with Crippen LogP contribution in [-0.4, -0.2) is 50.3 Å². The lowest BCUT2D eigenvalue weighted by atomic mass is 10.1. The molecule has 0 bridgehead atoms. The molecule has 0 aromatic heterocycles. The first-order chi connectivity index (χ1) is 11.2. The number of piperidine rings is 1. The lowest BCUT2D eigenvalue weighted by molar-refractivity contribution is 0.204. The van der Waals surface area contributed by atoms with E-state index in [1.165, 1.54) is 5.56 Å². The van der Waals surface area contributed by atoms with Crippen molar-refractivity contribution in [1.29, 1.82) is 0 Å². The molecule has 1 saturated heterocycles. The maximum absolute atomic E-state index is 11.9. The molecule has 0 atom stereocenters. The van der Waals surface area contributed by atoms with Crippen LogP contribution in [-0.2, 0) is 6.42 Å². The van der Waals surface area contributed by atoms with E-state index in [1.54, 1.807) is 7.11 Å². The zero-order valence-electron chi connectivity index (χ0n) is 13.9. The van der Waals surface area contributed by atoms with E-state index >= 15 is 0 Å². The molecule has 0 unspecified atom stereocenters. The summed E-state index contributed by atoms with van der Waals surface area (Å²) in [6.07, 6.45) is 4.74. The highest BCUT2D eigenvalue weighted by atomic mass is 16.5. The van der Waals surface area contributed by atoms with Gasteiger partial charge in [0.2, 0.25) is 0 Å². The molecule has 2 rings (SSSR count). The first kappa shape index (κ1) is 17.3. The number of ether oxygens (including phenoxy) is 1. The number of nitrogens with one attached hydrogen (secondary N) is 2. The number of carbonyl (C=O) groups excluding carboxylic acids is 1. The monoisotopic (exact) mass is 317 g/mol. The minimum Gasteiger partial charge on any atom is -0.497 e. The minimum atomic E-state index is -0.0688. The van der Waals surface area contributed by atoms with Crippen molar-refractivity contribution in [3.05, 3.63) is 42.5 Å². The lowest BCUT2D eigenvalue weighted by Gasteiger charge is -2.31. The van der Waals surface area contributed by atoms with Gasteiger partial charge in [0.25, 0.3) is 0 Å². The Balaban J connectivity index is 1.62. The van der Waals surface area contributed by atoms with E-state index in [2.05, 4.69) is 22.1 Å². The number of hydrogen-bond donors (Lipinski definition) is 2. The molecule has 0 saturated carbocycles. The third-order valence-electron chi connectivity index (χ3n) is 4.17. The van der Waals surface area contributed by atoms with E-state index in [0.29, 0.717) is 6.54 Å². The highest BCUT2D eigenvalue weighted by Crippen LogP contribution is 2.11. The molecule has 1 aromatic carbocycles. The van der Waals surface area contributed by atoms with Gasteiger partial charge in [-0.3, -0.25) is 4.90 Å². The van der Waals surface area contributed by atoms with Crippen LogP contribution in [0.5, 0.6) is 5.75 Å². The smallest absolute Gasteiger partial charge is 0.315 e. The van der Waals surface area contributed by atoms with Gasteiger partial charge in [-0.2, -0.15) is 0 Å². The van der Waals surface area contributed by atoms with Gasteiger partial charge >= 0.3 is 6.03 Å². The number of rotatable bonds is 7. The summed E-state index contributed by atoms with van der Waals surface area (Å²) in [5.74, 6) is 0.849. The highest BCUT2D eigenvalue weighted by molar-refractivity contribution is 5.74. The Kier molecular flexibility index (Phi) is 6.94. The molecule has 1 aromatic rings. The lowest BCUT2D eigenvalue weighted by Crippen LogP contribution is -2.48. The molecule has 5 heteroatoms. The summed E-state index contributed by atoms with van der Waals surface area (Å²) in [7, 11) is 1.66. The van der Waals surface area contributed by atoms with Gasteiger partial charge in [0.05, 0.1) is 7.11 Å². The van der Waals surface area contributed by atoms with Crippen LogP contribution in [0.2, 0.25) is 0 Å². The van der Waals surface area contributed by atoms with E-state index in [-0.39, 0.29) is 12.1 Å². The molecule has 0 spiro atoms. The summed E-state index contributed by atoms with van der Waals surface area (Å²) >= 11 is 0. The number of carbonyl (C=O) groups is 1. The van der Waals surface area contributed by atoms with E-state index in [4.69, 9.17) is 4.74 Å². The van der Waals surface area contributed by atoms with Crippen molar-refractivity contribution >= 4 is 6.03 Å². The van der Waals surface area contributed by atoms with E-state index in [0.717, 1.165) is 44.6 Å². The van der Waals surface area contributed by atoms with Crippen molar-refractivity contribution in [1.82, 2.24) is 15.5 Å². The third-order valence-corrected chi connectivity index (χ3v) is 4.17. The van der Waals surface area contributed by atoms with Crippen LogP contribution in [0.25, 0.3) is 0 Å². The van der Waals surface area contributed by atoms with Gasteiger partial charge in [-0.1, -0.05) is 18.2 Å². The van der Waals surface area contributed by atoms with Crippen LogP contribution in [0.4, 0.5) is 4.79 Å². The van der Waals surface area contributed by atoms with Gasteiger partial charge in [-0.05, 0) is 37.0 Å².